The topological polar surface area (TPSA) is 83.6 Å². The maximum absolute atomic E-state index is 15.4. The van der Waals surface area contributed by atoms with Crippen LogP contribution in [0.2, 0.25) is 5.15 Å². The van der Waals surface area contributed by atoms with Gasteiger partial charge in [0.15, 0.2) is 5.82 Å². The largest absolute Gasteiger partial charge is 0.357 e. The van der Waals surface area contributed by atoms with Gasteiger partial charge < -0.3 is 10.3 Å². The van der Waals surface area contributed by atoms with Crippen molar-refractivity contribution in [2.75, 3.05) is 6.54 Å². The highest BCUT2D eigenvalue weighted by molar-refractivity contribution is 6.29. The minimum Gasteiger partial charge on any atom is -0.357 e. The minimum atomic E-state index is -0.373. The first-order valence-electron chi connectivity index (χ1n) is 8.76. The molecule has 0 saturated heterocycles. The van der Waals surface area contributed by atoms with Crippen LogP contribution in [-0.2, 0) is 25.7 Å². The molecule has 0 spiro atoms. The van der Waals surface area contributed by atoms with Crippen molar-refractivity contribution in [2.24, 2.45) is 0 Å². The molecule has 4 heterocycles. The third-order valence-corrected chi connectivity index (χ3v) is 5.38. The van der Waals surface area contributed by atoms with E-state index in [1.807, 2.05) is 0 Å². The van der Waals surface area contributed by atoms with Gasteiger partial charge in [-0.3, -0.25) is 9.78 Å². The number of aromatic nitrogens is 4. The van der Waals surface area contributed by atoms with Gasteiger partial charge in [-0.1, -0.05) is 11.6 Å². The summed E-state index contributed by atoms with van der Waals surface area (Å²) in [5.74, 6) is -0.454. The zero-order chi connectivity index (χ0) is 18.5. The van der Waals surface area contributed by atoms with Crippen LogP contribution in [0.5, 0.6) is 0 Å². The number of hydrogen-bond donors (Lipinski definition) is 2. The number of carbonyl (C=O) groups is 1. The van der Waals surface area contributed by atoms with E-state index in [9.17, 15) is 4.79 Å². The van der Waals surface area contributed by atoms with Crippen LogP contribution in [0.4, 0.5) is 4.39 Å². The van der Waals surface area contributed by atoms with E-state index in [0.29, 0.717) is 52.7 Å². The molecule has 2 N–H and O–H groups in total. The average molecular weight is 384 g/mol. The number of rotatable bonds is 2. The van der Waals surface area contributed by atoms with E-state index in [4.69, 9.17) is 11.6 Å². The molecule has 1 aliphatic heterocycles. The molecule has 6 nitrogen and oxygen atoms in total. The molecule has 0 radical (unpaired) electrons. The highest BCUT2D eigenvalue weighted by Gasteiger charge is 2.31. The molecule has 1 amide bonds. The van der Waals surface area contributed by atoms with Gasteiger partial charge in [0.25, 0.3) is 5.91 Å². The van der Waals surface area contributed by atoms with Gasteiger partial charge in [-0.25, -0.2) is 14.4 Å². The highest BCUT2D eigenvalue weighted by Crippen LogP contribution is 2.39. The number of halogens is 2. The van der Waals surface area contributed by atoms with Crippen LogP contribution in [-0.4, -0.2) is 32.4 Å². The lowest BCUT2D eigenvalue weighted by atomic mass is 9.87. The van der Waals surface area contributed by atoms with Crippen molar-refractivity contribution >= 4 is 17.5 Å². The van der Waals surface area contributed by atoms with Crippen molar-refractivity contribution in [3.05, 3.63) is 63.3 Å². The zero-order valence-electron chi connectivity index (χ0n) is 14.3. The van der Waals surface area contributed by atoms with Gasteiger partial charge in [-0.2, -0.15) is 0 Å². The molecule has 0 bridgehead atoms. The van der Waals surface area contributed by atoms with E-state index in [-0.39, 0.29) is 18.1 Å². The first kappa shape index (κ1) is 16.4. The number of fused-ring (bicyclic) bond motifs is 5. The fraction of sp³-hybridized carbons (Fsp3) is 0.263. The summed E-state index contributed by atoms with van der Waals surface area (Å²) in [6.45, 7) is 0.594. The van der Waals surface area contributed by atoms with E-state index in [2.05, 4.69) is 25.3 Å². The summed E-state index contributed by atoms with van der Waals surface area (Å²) in [7, 11) is 0. The zero-order valence-corrected chi connectivity index (χ0v) is 15.0. The van der Waals surface area contributed by atoms with Gasteiger partial charge in [-0.15, -0.1) is 0 Å². The number of nitrogens with zero attached hydrogens (tertiary/aromatic N) is 3. The first-order valence-corrected chi connectivity index (χ1v) is 9.14. The molecule has 5 rings (SSSR count). The molecule has 0 fully saturated rings. The summed E-state index contributed by atoms with van der Waals surface area (Å²) in [5, 5.41) is 3.18. The predicted molar refractivity (Wildman–Crippen MR) is 97.3 cm³/mol. The molecule has 0 aromatic carbocycles. The summed E-state index contributed by atoms with van der Waals surface area (Å²) in [6, 6.07) is 1.60. The Bertz CT molecular complexity index is 1090. The Morgan fingerprint density at radius 1 is 1.15 bits per heavy atom. The van der Waals surface area contributed by atoms with Gasteiger partial charge in [0.2, 0.25) is 0 Å². The molecule has 27 heavy (non-hydrogen) atoms. The summed E-state index contributed by atoms with van der Waals surface area (Å²) in [6.07, 6.45) is 5.37. The van der Waals surface area contributed by atoms with E-state index in [1.54, 1.807) is 12.3 Å². The Labute approximate surface area is 159 Å². The second kappa shape index (κ2) is 6.13. The molecule has 136 valence electrons. The van der Waals surface area contributed by atoms with Crippen LogP contribution in [0.25, 0.3) is 11.3 Å². The van der Waals surface area contributed by atoms with E-state index in [0.717, 1.165) is 23.2 Å². The van der Waals surface area contributed by atoms with Crippen LogP contribution in [0, 0.1) is 5.82 Å². The maximum atomic E-state index is 15.4. The lowest BCUT2D eigenvalue weighted by Crippen LogP contribution is -2.32. The van der Waals surface area contributed by atoms with Crippen LogP contribution in [0.3, 0.4) is 0 Å². The number of H-pyrrole nitrogens is 1. The quantitative estimate of drug-likeness (QED) is 0.666. The second-order valence-electron chi connectivity index (χ2n) is 6.77. The summed E-state index contributed by atoms with van der Waals surface area (Å²) >= 11 is 5.90. The Hall–Kier alpha value is -2.80. The van der Waals surface area contributed by atoms with Crippen molar-refractivity contribution in [2.45, 2.75) is 25.7 Å². The molecular weight excluding hydrogens is 369 g/mol. The Morgan fingerprint density at radius 3 is 2.89 bits per heavy atom. The number of carbonyl (C=O) groups excluding carboxylic acids is 1. The third kappa shape index (κ3) is 2.61. The Balaban J connectivity index is 1.62. The lowest BCUT2D eigenvalue weighted by Gasteiger charge is -2.19. The summed E-state index contributed by atoms with van der Waals surface area (Å²) < 4.78 is 15.4. The average Bonchev–Trinajstić information content (AvgIpc) is 3.04. The lowest BCUT2D eigenvalue weighted by molar-refractivity contribution is 0.0945. The molecule has 0 saturated carbocycles. The van der Waals surface area contributed by atoms with Gasteiger partial charge in [0, 0.05) is 36.8 Å². The fourth-order valence-electron chi connectivity index (χ4n) is 3.95. The predicted octanol–water partition coefficient (Wildman–Crippen LogP) is 2.63. The van der Waals surface area contributed by atoms with Crippen LogP contribution < -0.4 is 5.32 Å². The van der Waals surface area contributed by atoms with Crippen LogP contribution >= 0.6 is 11.6 Å². The molecule has 0 atom stereocenters. The summed E-state index contributed by atoms with van der Waals surface area (Å²) in [4.78, 5) is 27.9. The molecule has 0 unspecified atom stereocenters. The Morgan fingerprint density at radius 2 is 2.04 bits per heavy atom. The number of amides is 1. The van der Waals surface area contributed by atoms with Gasteiger partial charge in [0.05, 0.1) is 22.6 Å². The number of hydrogen-bond acceptors (Lipinski definition) is 4. The second-order valence-corrected chi connectivity index (χ2v) is 7.15. The summed E-state index contributed by atoms with van der Waals surface area (Å²) in [5.41, 5.74) is 5.44. The SMILES string of the molecule is O=C1NCCc2[nH]c3c(c21)CCc1cnc(Cc2cc(Cl)ncn2)c(F)c1-3. The van der Waals surface area contributed by atoms with E-state index in [1.165, 1.54) is 6.33 Å². The molecular formula is C19H15ClFN5O. The van der Waals surface area contributed by atoms with E-state index >= 15 is 4.39 Å². The van der Waals surface area contributed by atoms with Gasteiger partial charge in [0.1, 0.15) is 11.5 Å². The fourth-order valence-corrected chi connectivity index (χ4v) is 4.12. The molecule has 2 aliphatic rings. The number of pyridine rings is 1. The van der Waals surface area contributed by atoms with E-state index < -0.39 is 0 Å². The van der Waals surface area contributed by atoms with Crippen molar-refractivity contribution in [3.63, 3.8) is 0 Å². The number of aryl methyl sites for hydroxylation is 1. The molecule has 1 aliphatic carbocycles. The maximum Gasteiger partial charge on any atom is 0.253 e. The number of nitrogens with one attached hydrogen (secondary N) is 2. The minimum absolute atomic E-state index is 0.0810. The van der Waals surface area contributed by atoms with Crippen LogP contribution in [0.15, 0.2) is 18.6 Å². The van der Waals surface area contributed by atoms with Gasteiger partial charge in [-0.05, 0) is 30.0 Å². The third-order valence-electron chi connectivity index (χ3n) is 5.17. The first-order chi connectivity index (χ1) is 13.1. The van der Waals surface area contributed by atoms with Gasteiger partial charge >= 0.3 is 0 Å². The standard InChI is InChI=1S/C19H15ClFN5O/c20-14-6-10(24-8-25-14)5-13-17(21)15-9(7-23-13)1-2-11-16-12(26-18(11)15)3-4-22-19(16)27/h6-8,26H,1-5H2,(H,22,27). The van der Waals surface area contributed by atoms with Crippen LogP contribution in [0.1, 0.15) is 38.6 Å². The number of aromatic amines is 1. The monoisotopic (exact) mass is 383 g/mol. The van der Waals surface area contributed by atoms with Crippen molar-refractivity contribution in [1.29, 1.82) is 0 Å². The molecule has 8 heteroatoms. The van der Waals surface area contributed by atoms with Crippen molar-refractivity contribution in [3.8, 4) is 11.3 Å². The van der Waals surface area contributed by atoms with Crippen molar-refractivity contribution in [1.82, 2.24) is 25.3 Å². The Kier molecular flexibility index (Phi) is 3.72. The molecule has 3 aromatic rings. The highest BCUT2D eigenvalue weighted by atomic mass is 35.5. The van der Waals surface area contributed by atoms with Crippen molar-refractivity contribution < 1.29 is 9.18 Å². The normalized spacial score (nSPS) is 15.0. The smallest absolute Gasteiger partial charge is 0.253 e. The molecule has 3 aromatic heterocycles.